The highest BCUT2D eigenvalue weighted by Gasteiger charge is 2.50. The van der Waals surface area contributed by atoms with Crippen LogP contribution in [0, 0.1) is 17.2 Å². The largest absolute Gasteiger partial charge is 0.391 e. The number of nitriles is 1. The van der Waals surface area contributed by atoms with E-state index in [0.29, 0.717) is 12.8 Å². The van der Waals surface area contributed by atoms with E-state index in [-0.39, 0.29) is 12.8 Å². The molecule has 96 valence electrons. The lowest BCUT2D eigenvalue weighted by Crippen LogP contribution is -2.51. The molecule has 2 nitrogen and oxygen atoms in total. The van der Waals surface area contributed by atoms with Gasteiger partial charge in [-0.15, -0.1) is 0 Å². The second kappa shape index (κ2) is 4.49. The summed E-state index contributed by atoms with van der Waals surface area (Å²) >= 11 is 0. The van der Waals surface area contributed by atoms with E-state index in [0.717, 1.165) is 25.9 Å². The predicted molar refractivity (Wildman–Crippen MR) is 57.2 cm³/mol. The number of likely N-dealkylation sites (tertiary alicyclic amines) is 1. The molecule has 1 aliphatic heterocycles. The van der Waals surface area contributed by atoms with Crippen molar-refractivity contribution in [3.05, 3.63) is 0 Å². The third kappa shape index (κ3) is 2.42. The number of hydrogen-bond donors (Lipinski definition) is 0. The van der Waals surface area contributed by atoms with Crippen LogP contribution in [0.5, 0.6) is 0 Å². The summed E-state index contributed by atoms with van der Waals surface area (Å²) in [6.45, 7) is 1.55. The molecule has 0 N–H and O–H groups in total. The Balaban J connectivity index is 2.15. The third-order valence-electron chi connectivity index (χ3n) is 4.11. The molecular weight excluding hydrogens is 229 g/mol. The Morgan fingerprint density at radius 1 is 1.18 bits per heavy atom. The lowest BCUT2D eigenvalue weighted by Gasteiger charge is -2.42. The average Bonchev–Trinajstić information content (AvgIpc) is 2.82. The van der Waals surface area contributed by atoms with Gasteiger partial charge in [0.05, 0.1) is 12.0 Å². The molecule has 0 bridgehead atoms. The van der Waals surface area contributed by atoms with Gasteiger partial charge in [-0.05, 0) is 51.6 Å². The topological polar surface area (TPSA) is 27.0 Å². The zero-order valence-electron chi connectivity index (χ0n) is 9.76. The van der Waals surface area contributed by atoms with E-state index in [1.807, 2.05) is 4.90 Å². The molecule has 2 atom stereocenters. The van der Waals surface area contributed by atoms with Gasteiger partial charge in [0.25, 0.3) is 0 Å². The minimum Gasteiger partial charge on any atom is -0.286 e. The molecule has 0 amide bonds. The summed E-state index contributed by atoms with van der Waals surface area (Å²) < 4.78 is 38.3. The van der Waals surface area contributed by atoms with Gasteiger partial charge in [0.15, 0.2) is 0 Å². The van der Waals surface area contributed by atoms with Gasteiger partial charge in [-0.2, -0.15) is 18.4 Å². The Morgan fingerprint density at radius 2 is 1.82 bits per heavy atom. The van der Waals surface area contributed by atoms with Crippen LogP contribution in [-0.2, 0) is 0 Å². The maximum absolute atomic E-state index is 12.8. The van der Waals surface area contributed by atoms with Crippen LogP contribution in [0.15, 0.2) is 0 Å². The van der Waals surface area contributed by atoms with Crippen molar-refractivity contribution in [2.75, 3.05) is 13.1 Å². The molecule has 1 heterocycles. The van der Waals surface area contributed by atoms with Crippen molar-refractivity contribution >= 4 is 0 Å². The van der Waals surface area contributed by atoms with Crippen molar-refractivity contribution in [1.29, 1.82) is 5.26 Å². The summed E-state index contributed by atoms with van der Waals surface area (Å²) in [4.78, 5) is 1.98. The normalized spacial score (nSPS) is 35.8. The lowest BCUT2D eigenvalue weighted by molar-refractivity contribution is -0.190. The highest BCUT2D eigenvalue weighted by molar-refractivity contribution is 5.12. The van der Waals surface area contributed by atoms with Crippen molar-refractivity contribution in [2.45, 2.75) is 50.2 Å². The van der Waals surface area contributed by atoms with Crippen LogP contribution in [0.3, 0.4) is 0 Å². The van der Waals surface area contributed by atoms with Gasteiger partial charge in [-0.25, -0.2) is 0 Å². The van der Waals surface area contributed by atoms with Gasteiger partial charge in [-0.1, -0.05) is 0 Å². The van der Waals surface area contributed by atoms with Crippen molar-refractivity contribution in [3.63, 3.8) is 0 Å². The molecular formula is C12H17F3N2. The molecule has 5 heteroatoms. The maximum atomic E-state index is 12.8. The van der Waals surface area contributed by atoms with Gasteiger partial charge >= 0.3 is 6.18 Å². The van der Waals surface area contributed by atoms with E-state index in [4.69, 9.17) is 0 Å². The summed E-state index contributed by atoms with van der Waals surface area (Å²) in [5, 5.41) is 9.33. The summed E-state index contributed by atoms with van der Waals surface area (Å²) in [6.07, 6.45) is -0.902. The Morgan fingerprint density at radius 3 is 2.35 bits per heavy atom. The van der Waals surface area contributed by atoms with Crippen LogP contribution in [0.2, 0.25) is 0 Å². The molecule has 2 rings (SSSR count). The predicted octanol–water partition coefficient (Wildman–Crippen LogP) is 3.10. The second-order valence-electron chi connectivity index (χ2n) is 5.17. The van der Waals surface area contributed by atoms with Gasteiger partial charge < -0.3 is 0 Å². The molecule has 2 unspecified atom stereocenters. The smallest absolute Gasteiger partial charge is 0.286 e. The van der Waals surface area contributed by atoms with E-state index in [9.17, 15) is 18.4 Å². The van der Waals surface area contributed by atoms with E-state index in [2.05, 4.69) is 6.07 Å². The maximum Gasteiger partial charge on any atom is 0.391 e. The van der Waals surface area contributed by atoms with Crippen LogP contribution >= 0.6 is 0 Å². The average molecular weight is 246 g/mol. The van der Waals surface area contributed by atoms with Gasteiger partial charge in [0.2, 0.25) is 0 Å². The fraction of sp³-hybridized carbons (Fsp3) is 0.917. The number of hydrogen-bond acceptors (Lipinski definition) is 2. The van der Waals surface area contributed by atoms with E-state index >= 15 is 0 Å². The summed E-state index contributed by atoms with van der Waals surface area (Å²) in [5.74, 6) is -1.29. The summed E-state index contributed by atoms with van der Waals surface area (Å²) in [6, 6.07) is 2.19. The molecule has 1 saturated carbocycles. The zero-order chi connectivity index (χ0) is 12.5. The first-order valence-corrected chi connectivity index (χ1v) is 6.21. The molecule has 17 heavy (non-hydrogen) atoms. The number of rotatable bonds is 1. The lowest BCUT2D eigenvalue weighted by atomic mass is 9.75. The van der Waals surface area contributed by atoms with Crippen LogP contribution in [0.25, 0.3) is 0 Å². The molecule has 1 aliphatic carbocycles. The standard InChI is InChI=1S/C12H17F3N2/c13-12(14,15)10-4-3-5-11(8-10,9-16)17-6-1-2-7-17/h10H,1-8H2. The summed E-state index contributed by atoms with van der Waals surface area (Å²) in [7, 11) is 0. The highest BCUT2D eigenvalue weighted by Crippen LogP contribution is 2.44. The SMILES string of the molecule is N#CC1(N2CCCC2)CCCC(C(F)(F)F)C1. The van der Waals surface area contributed by atoms with E-state index < -0.39 is 17.6 Å². The number of halogens is 3. The first kappa shape index (κ1) is 12.7. The van der Waals surface area contributed by atoms with Gasteiger partial charge in [0.1, 0.15) is 5.54 Å². The number of alkyl halides is 3. The van der Waals surface area contributed by atoms with Gasteiger partial charge in [-0.3, -0.25) is 4.90 Å². The zero-order valence-corrected chi connectivity index (χ0v) is 9.76. The first-order chi connectivity index (χ1) is 7.98. The van der Waals surface area contributed by atoms with Crippen molar-refractivity contribution < 1.29 is 13.2 Å². The van der Waals surface area contributed by atoms with Crippen LogP contribution in [-0.4, -0.2) is 29.7 Å². The Kier molecular flexibility index (Phi) is 3.35. The van der Waals surface area contributed by atoms with Crippen LogP contribution in [0.1, 0.15) is 38.5 Å². The second-order valence-corrected chi connectivity index (χ2v) is 5.17. The fourth-order valence-corrected chi connectivity index (χ4v) is 3.14. The van der Waals surface area contributed by atoms with Crippen molar-refractivity contribution in [2.24, 2.45) is 5.92 Å². The number of nitrogens with zero attached hydrogens (tertiary/aromatic N) is 2. The first-order valence-electron chi connectivity index (χ1n) is 6.21. The van der Waals surface area contributed by atoms with E-state index in [1.54, 1.807) is 0 Å². The molecule has 0 radical (unpaired) electrons. The Bertz CT molecular complexity index is 315. The Hall–Kier alpha value is -0.760. The van der Waals surface area contributed by atoms with Crippen LogP contribution in [0.4, 0.5) is 13.2 Å². The molecule has 0 aromatic heterocycles. The minimum absolute atomic E-state index is 0.0347. The Labute approximate surface area is 99.4 Å². The summed E-state index contributed by atoms with van der Waals surface area (Å²) in [5.41, 5.74) is -0.852. The van der Waals surface area contributed by atoms with Gasteiger partial charge in [0, 0.05) is 0 Å². The molecule has 0 aromatic rings. The van der Waals surface area contributed by atoms with Crippen LogP contribution < -0.4 is 0 Å². The molecule has 0 aromatic carbocycles. The quantitative estimate of drug-likeness (QED) is 0.711. The van der Waals surface area contributed by atoms with Crippen molar-refractivity contribution in [3.8, 4) is 6.07 Å². The molecule has 1 saturated heterocycles. The molecule has 2 fully saturated rings. The molecule has 2 aliphatic rings. The monoisotopic (exact) mass is 246 g/mol. The highest BCUT2D eigenvalue weighted by atomic mass is 19.4. The van der Waals surface area contributed by atoms with E-state index in [1.165, 1.54) is 0 Å². The molecule has 0 spiro atoms. The third-order valence-corrected chi connectivity index (χ3v) is 4.11. The minimum atomic E-state index is -4.15. The van der Waals surface area contributed by atoms with Crippen molar-refractivity contribution in [1.82, 2.24) is 4.90 Å². The fourth-order valence-electron chi connectivity index (χ4n) is 3.14.